The fourth-order valence-corrected chi connectivity index (χ4v) is 3.10. The van der Waals surface area contributed by atoms with Crippen molar-refractivity contribution >= 4 is 26.0 Å². The second kappa shape index (κ2) is 5.99. The van der Waals surface area contributed by atoms with E-state index in [4.69, 9.17) is 4.42 Å². The van der Waals surface area contributed by atoms with Crippen LogP contribution in [0.5, 0.6) is 0 Å². The second-order valence-electron chi connectivity index (χ2n) is 3.81. The molecule has 7 heteroatoms. The van der Waals surface area contributed by atoms with Crippen LogP contribution in [0.15, 0.2) is 20.0 Å². The van der Waals surface area contributed by atoms with Crippen molar-refractivity contribution in [2.45, 2.75) is 24.8 Å². The molecule has 1 N–H and O–H groups in total. The number of nitrogens with one attached hydrogen (secondary N) is 1. The van der Waals surface area contributed by atoms with Gasteiger partial charge in [0.1, 0.15) is 10.7 Å². The molecule has 0 bridgehead atoms. The molecule has 0 atom stereocenters. The summed E-state index contributed by atoms with van der Waals surface area (Å²) in [5.41, 5.74) is 0. The maximum atomic E-state index is 11.9. The van der Waals surface area contributed by atoms with Gasteiger partial charge in [0.05, 0.1) is 6.54 Å². The van der Waals surface area contributed by atoms with Crippen LogP contribution in [0, 0.1) is 0 Å². The summed E-state index contributed by atoms with van der Waals surface area (Å²) in [5, 5.41) is 3.15. The van der Waals surface area contributed by atoms with E-state index in [9.17, 15) is 8.42 Å². The third-order valence-corrected chi connectivity index (χ3v) is 4.86. The first-order chi connectivity index (χ1) is 7.89. The average molecular weight is 325 g/mol. The van der Waals surface area contributed by atoms with E-state index in [1.165, 1.54) is 14.1 Å². The number of hydrogen-bond acceptors (Lipinski definition) is 4. The molecule has 5 nitrogen and oxygen atoms in total. The van der Waals surface area contributed by atoms with E-state index in [0.717, 1.165) is 17.3 Å². The van der Waals surface area contributed by atoms with Crippen molar-refractivity contribution in [3.8, 4) is 0 Å². The quantitative estimate of drug-likeness (QED) is 0.810. The van der Waals surface area contributed by atoms with Gasteiger partial charge in [-0.05, 0) is 28.9 Å². The first-order valence-electron chi connectivity index (χ1n) is 5.31. The minimum atomic E-state index is -3.45. The zero-order valence-electron chi connectivity index (χ0n) is 10.2. The van der Waals surface area contributed by atoms with E-state index in [2.05, 4.69) is 28.2 Å². The molecule has 1 rings (SSSR count). The van der Waals surface area contributed by atoms with Gasteiger partial charge in [-0.1, -0.05) is 6.92 Å². The SMILES string of the molecule is CCCNCc1cc(S(=O)(=O)N(C)C)c(Br)o1. The number of hydrogen-bond donors (Lipinski definition) is 1. The van der Waals surface area contributed by atoms with Crippen LogP contribution < -0.4 is 5.32 Å². The van der Waals surface area contributed by atoms with Gasteiger partial charge in [-0.15, -0.1) is 0 Å². The molecule has 1 aromatic heterocycles. The van der Waals surface area contributed by atoms with Crippen molar-refractivity contribution in [2.75, 3.05) is 20.6 Å². The molecule has 0 fully saturated rings. The monoisotopic (exact) mass is 324 g/mol. The van der Waals surface area contributed by atoms with E-state index >= 15 is 0 Å². The van der Waals surface area contributed by atoms with E-state index in [1.54, 1.807) is 6.07 Å². The highest BCUT2D eigenvalue weighted by atomic mass is 79.9. The lowest BCUT2D eigenvalue weighted by Crippen LogP contribution is -2.22. The van der Waals surface area contributed by atoms with Crippen molar-refractivity contribution in [3.63, 3.8) is 0 Å². The van der Waals surface area contributed by atoms with Crippen molar-refractivity contribution in [3.05, 3.63) is 16.5 Å². The van der Waals surface area contributed by atoms with Gasteiger partial charge in [-0.3, -0.25) is 0 Å². The molecule has 17 heavy (non-hydrogen) atoms. The maximum Gasteiger partial charge on any atom is 0.246 e. The second-order valence-corrected chi connectivity index (χ2v) is 6.66. The van der Waals surface area contributed by atoms with Gasteiger partial charge in [-0.25, -0.2) is 12.7 Å². The zero-order chi connectivity index (χ0) is 13.1. The Labute approximate surface area is 110 Å². The molecule has 0 aliphatic heterocycles. The molecule has 0 aliphatic rings. The Morgan fingerprint density at radius 1 is 1.47 bits per heavy atom. The van der Waals surface area contributed by atoms with Gasteiger partial charge in [0, 0.05) is 20.2 Å². The van der Waals surface area contributed by atoms with Crippen molar-refractivity contribution in [1.29, 1.82) is 0 Å². The zero-order valence-corrected chi connectivity index (χ0v) is 12.6. The van der Waals surface area contributed by atoms with Crippen molar-refractivity contribution in [2.24, 2.45) is 0 Å². The van der Waals surface area contributed by atoms with E-state index < -0.39 is 10.0 Å². The Morgan fingerprint density at radius 3 is 2.65 bits per heavy atom. The predicted octanol–water partition coefficient (Wildman–Crippen LogP) is 1.79. The maximum absolute atomic E-state index is 11.9. The summed E-state index contributed by atoms with van der Waals surface area (Å²) >= 11 is 3.13. The summed E-state index contributed by atoms with van der Waals surface area (Å²) in [5.74, 6) is 0.603. The van der Waals surface area contributed by atoms with Gasteiger partial charge in [-0.2, -0.15) is 0 Å². The Kier molecular flexibility index (Phi) is 5.18. The standard InChI is InChI=1S/C10H17BrN2O3S/c1-4-5-12-7-8-6-9(10(11)16-8)17(14,15)13(2)3/h6,12H,4-5,7H2,1-3H3. The molecule has 1 aromatic rings. The number of halogens is 1. The average Bonchev–Trinajstić information content (AvgIpc) is 2.60. The van der Waals surface area contributed by atoms with Crippen LogP contribution in [-0.4, -0.2) is 33.4 Å². The van der Waals surface area contributed by atoms with Crippen LogP contribution in [0.25, 0.3) is 0 Å². The van der Waals surface area contributed by atoms with Crippen molar-refractivity contribution < 1.29 is 12.8 Å². The minimum absolute atomic E-state index is 0.163. The predicted molar refractivity (Wildman–Crippen MR) is 69.3 cm³/mol. The first kappa shape index (κ1) is 14.7. The molecule has 0 unspecified atom stereocenters. The molecule has 0 saturated heterocycles. The lowest BCUT2D eigenvalue weighted by atomic mass is 10.4. The van der Waals surface area contributed by atoms with Gasteiger partial charge < -0.3 is 9.73 Å². The van der Waals surface area contributed by atoms with E-state index in [1.807, 2.05) is 0 Å². The molecule has 0 amide bonds. The first-order valence-corrected chi connectivity index (χ1v) is 7.54. The van der Waals surface area contributed by atoms with Crippen LogP contribution in [0.1, 0.15) is 19.1 Å². The molecule has 0 aromatic carbocycles. The van der Waals surface area contributed by atoms with Crippen LogP contribution in [0.3, 0.4) is 0 Å². The lowest BCUT2D eigenvalue weighted by molar-refractivity contribution is 0.459. The summed E-state index contributed by atoms with van der Waals surface area (Å²) < 4.78 is 30.6. The molecule has 0 spiro atoms. The molecule has 0 radical (unpaired) electrons. The molecule has 0 saturated carbocycles. The molecular formula is C10H17BrN2O3S. The van der Waals surface area contributed by atoms with Gasteiger partial charge in [0.25, 0.3) is 0 Å². The highest BCUT2D eigenvalue weighted by molar-refractivity contribution is 9.10. The van der Waals surface area contributed by atoms with Gasteiger partial charge in [0.2, 0.25) is 10.0 Å². The van der Waals surface area contributed by atoms with Gasteiger partial charge >= 0.3 is 0 Å². The summed E-state index contributed by atoms with van der Waals surface area (Å²) in [6.07, 6.45) is 1.02. The molecular weight excluding hydrogens is 308 g/mol. The molecule has 1 heterocycles. The fourth-order valence-electron chi connectivity index (χ4n) is 1.25. The number of nitrogens with zero attached hydrogens (tertiary/aromatic N) is 1. The van der Waals surface area contributed by atoms with Crippen LogP contribution >= 0.6 is 15.9 Å². The van der Waals surface area contributed by atoms with Crippen LogP contribution in [0.2, 0.25) is 0 Å². The van der Waals surface area contributed by atoms with Crippen LogP contribution in [0.4, 0.5) is 0 Å². The Balaban J connectivity index is 2.89. The summed E-state index contributed by atoms with van der Waals surface area (Å²) in [6.45, 7) is 3.45. The Bertz CT molecular complexity index is 468. The highest BCUT2D eigenvalue weighted by Gasteiger charge is 2.24. The summed E-state index contributed by atoms with van der Waals surface area (Å²) in [7, 11) is -0.473. The van der Waals surface area contributed by atoms with E-state index in [-0.39, 0.29) is 9.56 Å². The normalized spacial score (nSPS) is 12.3. The lowest BCUT2D eigenvalue weighted by Gasteiger charge is -2.08. The van der Waals surface area contributed by atoms with Gasteiger partial charge in [0.15, 0.2) is 4.67 Å². The number of rotatable bonds is 6. The third kappa shape index (κ3) is 3.54. The minimum Gasteiger partial charge on any atom is -0.452 e. The fraction of sp³-hybridized carbons (Fsp3) is 0.600. The third-order valence-electron chi connectivity index (χ3n) is 2.19. The molecule has 0 aliphatic carbocycles. The largest absolute Gasteiger partial charge is 0.452 e. The topological polar surface area (TPSA) is 62.6 Å². The Hall–Kier alpha value is -0.370. The highest BCUT2D eigenvalue weighted by Crippen LogP contribution is 2.27. The smallest absolute Gasteiger partial charge is 0.246 e. The molecule has 98 valence electrons. The number of furan rings is 1. The van der Waals surface area contributed by atoms with Crippen LogP contribution in [-0.2, 0) is 16.6 Å². The Morgan fingerprint density at radius 2 is 2.12 bits per heavy atom. The number of sulfonamides is 1. The summed E-state index contributed by atoms with van der Waals surface area (Å²) in [6, 6.07) is 1.54. The summed E-state index contributed by atoms with van der Waals surface area (Å²) in [4.78, 5) is 0.163. The van der Waals surface area contributed by atoms with Crippen molar-refractivity contribution in [1.82, 2.24) is 9.62 Å². The van der Waals surface area contributed by atoms with E-state index in [0.29, 0.717) is 12.3 Å².